The fraction of sp³-hybridized carbons (Fsp3) is 0.769. The lowest BCUT2D eigenvalue weighted by Gasteiger charge is -2.02. The molecule has 0 aliphatic carbocycles. The van der Waals surface area contributed by atoms with E-state index in [4.69, 9.17) is 9.84 Å². The monoisotopic (exact) mass is 226 g/mol. The van der Waals surface area contributed by atoms with Crippen molar-refractivity contribution < 1.29 is 14.6 Å². The van der Waals surface area contributed by atoms with Gasteiger partial charge < -0.3 is 9.84 Å². The normalized spacial score (nSPS) is 11.6. The minimum absolute atomic E-state index is 0.271. The highest BCUT2D eigenvalue weighted by molar-refractivity contribution is 5.68. The Morgan fingerprint density at radius 3 is 2.62 bits per heavy atom. The summed E-state index contributed by atoms with van der Waals surface area (Å²) in [5.41, 5.74) is 0. The van der Waals surface area contributed by atoms with Crippen molar-refractivity contribution in [1.29, 1.82) is 0 Å². The molecular formula is C13H22O3. The Morgan fingerprint density at radius 2 is 2.00 bits per heavy atom. The van der Waals surface area contributed by atoms with Crippen LogP contribution in [0.15, 0.2) is 0 Å². The van der Waals surface area contributed by atoms with Crippen molar-refractivity contribution in [2.45, 2.75) is 58.5 Å². The van der Waals surface area contributed by atoms with Crippen molar-refractivity contribution in [2.24, 2.45) is 0 Å². The zero-order valence-electron chi connectivity index (χ0n) is 10.3. The van der Waals surface area contributed by atoms with Gasteiger partial charge in [-0.3, -0.25) is 0 Å². The van der Waals surface area contributed by atoms with Gasteiger partial charge in [0.15, 0.2) is 0 Å². The van der Waals surface area contributed by atoms with Crippen molar-refractivity contribution in [3.05, 3.63) is 0 Å². The summed E-state index contributed by atoms with van der Waals surface area (Å²) < 4.78 is 4.98. The standard InChI is InChI=1S/C13H22O3/c1-3-4-5-6-7-8-9-10-12(2)16-11-13(14)15/h12H,3-8,11H2,1-2H3,(H,14,15)/t12-/m1/s1. The van der Waals surface area contributed by atoms with Crippen molar-refractivity contribution in [2.75, 3.05) is 6.61 Å². The molecule has 0 rings (SSSR count). The Morgan fingerprint density at radius 1 is 1.31 bits per heavy atom. The van der Waals surface area contributed by atoms with Gasteiger partial charge in [-0.1, -0.05) is 38.5 Å². The number of carbonyl (C=O) groups is 1. The van der Waals surface area contributed by atoms with Crippen LogP contribution in [-0.2, 0) is 9.53 Å². The average molecular weight is 226 g/mol. The molecule has 0 aromatic rings. The third-order valence-corrected chi connectivity index (χ3v) is 2.17. The van der Waals surface area contributed by atoms with Crippen molar-refractivity contribution in [1.82, 2.24) is 0 Å². The van der Waals surface area contributed by atoms with Crippen LogP contribution in [0.5, 0.6) is 0 Å². The number of ether oxygens (including phenoxy) is 1. The zero-order chi connectivity index (χ0) is 12.2. The van der Waals surface area contributed by atoms with Crippen molar-refractivity contribution >= 4 is 5.97 Å². The summed E-state index contributed by atoms with van der Waals surface area (Å²) in [5, 5.41) is 8.38. The number of carboxylic acids is 1. The highest BCUT2D eigenvalue weighted by Gasteiger charge is 2.00. The third-order valence-electron chi connectivity index (χ3n) is 2.17. The van der Waals surface area contributed by atoms with E-state index in [0.717, 1.165) is 12.8 Å². The number of hydrogen-bond donors (Lipinski definition) is 1. The second-order valence-corrected chi connectivity index (χ2v) is 3.83. The molecule has 0 spiro atoms. The molecule has 1 N–H and O–H groups in total. The summed E-state index contributed by atoms with van der Waals surface area (Å²) in [6.07, 6.45) is 6.78. The summed E-state index contributed by atoms with van der Waals surface area (Å²) in [7, 11) is 0. The molecule has 0 aliphatic rings. The molecule has 3 heteroatoms. The van der Waals surface area contributed by atoms with Gasteiger partial charge >= 0.3 is 5.97 Å². The molecule has 1 atom stereocenters. The Labute approximate surface area is 98.2 Å². The van der Waals surface area contributed by atoms with Crippen molar-refractivity contribution in [3.8, 4) is 11.8 Å². The summed E-state index contributed by atoms with van der Waals surface area (Å²) >= 11 is 0. The van der Waals surface area contributed by atoms with E-state index in [1.807, 2.05) is 0 Å². The van der Waals surface area contributed by atoms with Gasteiger partial charge in [0.1, 0.15) is 12.7 Å². The summed E-state index contributed by atoms with van der Waals surface area (Å²) in [6.45, 7) is 3.70. The quantitative estimate of drug-likeness (QED) is 0.511. The van der Waals surface area contributed by atoms with Crippen LogP contribution in [0.3, 0.4) is 0 Å². The van der Waals surface area contributed by atoms with Crippen LogP contribution >= 0.6 is 0 Å². The largest absolute Gasteiger partial charge is 0.480 e. The molecule has 0 aromatic carbocycles. The van der Waals surface area contributed by atoms with Crippen LogP contribution in [-0.4, -0.2) is 23.8 Å². The van der Waals surface area contributed by atoms with Crippen LogP contribution in [0.25, 0.3) is 0 Å². The Hall–Kier alpha value is -1.01. The minimum Gasteiger partial charge on any atom is -0.480 e. The van der Waals surface area contributed by atoms with Gasteiger partial charge in [-0.05, 0) is 13.3 Å². The summed E-state index contributed by atoms with van der Waals surface area (Å²) in [5.74, 6) is 4.96. The topological polar surface area (TPSA) is 46.5 Å². The first kappa shape index (κ1) is 15.0. The van der Waals surface area contributed by atoms with E-state index in [1.54, 1.807) is 6.92 Å². The zero-order valence-corrected chi connectivity index (χ0v) is 10.3. The number of hydrogen-bond acceptors (Lipinski definition) is 2. The maximum Gasteiger partial charge on any atom is 0.329 e. The first-order valence-electron chi connectivity index (χ1n) is 5.98. The van der Waals surface area contributed by atoms with Gasteiger partial charge in [0.05, 0.1) is 0 Å². The van der Waals surface area contributed by atoms with E-state index in [1.165, 1.54) is 25.7 Å². The molecule has 0 radical (unpaired) electrons. The van der Waals surface area contributed by atoms with E-state index in [2.05, 4.69) is 18.8 Å². The highest BCUT2D eigenvalue weighted by atomic mass is 16.5. The van der Waals surface area contributed by atoms with Crippen LogP contribution in [0.1, 0.15) is 52.4 Å². The lowest BCUT2D eigenvalue weighted by molar-refractivity contribution is -0.143. The maximum atomic E-state index is 10.2. The fourth-order valence-corrected chi connectivity index (χ4v) is 1.27. The van der Waals surface area contributed by atoms with E-state index < -0.39 is 5.97 Å². The molecule has 0 saturated carbocycles. The summed E-state index contributed by atoms with van der Waals surface area (Å²) in [6, 6.07) is 0. The predicted molar refractivity (Wildman–Crippen MR) is 64.2 cm³/mol. The Balaban J connectivity index is 3.41. The molecule has 0 fully saturated rings. The van der Waals surface area contributed by atoms with Crippen LogP contribution in [0.4, 0.5) is 0 Å². The number of unbranched alkanes of at least 4 members (excludes halogenated alkanes) is 5. The first-order valence-corrected chi connectivity index (χ1v) is 5.98. The molecule has 0 bridgehead atoms. The molecule has 3 nitrogen and oxygen atoms in total. The SMILES string of the molecule is CCCCCCCC#C[C@@H](C)OCC(=O)O. The average Bonchev–Trinajstić information content (AvgIpc) is 2.25. The van der Waals surface area contributed by atoms with Crippen LogP contribution in [0, 0.1) is 11.8 Å². The summed E-state index contributed by atoms with van der Waals surface area (Å²) in [4.78, 5) is 10.2. The number of aliphatic carboxylic acids is 1. The van der Waals surface area contributed by atoms with Crippen LogP contribution in [0.2, 0.25) is 0 Å². The second kappa shape index (κ2) is 10.5. The number of rotatable bonds is 8. The molecule has 0 saturated heterocycles. The molecular weight excluding hydrogens is 204 g/mol. The molecule has 92 valence electrons. The van der Waals surface area contributed by atoms with E-state index >= 15 is 0 Å². The minimum atomic E-state index is -0.951. The van der Waals surface area contributed by atoms with Gasteiger partial charge in [0.2, 0.25) is 0 Å². The number of carboxylic acid groups (broad SMARTS) is 1. The smallest absolute Gasteiger partial charge is 0.329 e. The maximum absolute atomic E-state index is 10.2. The molecule has 0 heterocycles. The fourth-order valence-electron chi connectivity index (χ4n) is 1.27. The van der Waals surface area contributed by atoms with Crippen molar-refractivity contribution in [3.63, 3.8) is 0 Å². The van der Waals surface area contributed by atoms with Gasteiger partial charge in [-0.25, -0.2) is 4.79 Å². The van der Waals surface area contributed by atoms with E-state index in [0.29, 0.717) is 0 Å². The lowest BCUT2D eigenvalue weighted by Crippen LogP contribution is -2.13. The van der Waals surface area contributed by atoms with Gasteiger partial charge in [0, 0.05) is 6.42 Å². The molecule has 0 aromatic heterocycles. The molecule has 0 aliphatic heterocycles. The molecule has 16 heavy (non-hydrogen) atoms. The van der Waals surface area contributed by atoms with Gasteiger partial charge in [0.25, 0.3) is 0 Å². The third kappa shape index (κ3) is 11.1. The Kier molecular flexibility index (Phi) is 9.84. The van der Waals surface area contributed by atoms with Gasteiger partial charge in [-0.2, -0.15) is 0 Å². The van der Waals surface area contributed by atoms with E-state index in [-0.39, 0.29) is 12.7 Å². The van der Waals surface area contributed by atoms with Gasteiger partial charge in [-0.15, -0.1) is 5.92 Å². The molecule has 0 unspecified atom stereocenters. The van der Waals surface area contributed by atoms with Crippen LogP contribution < -0.4 is 0 Å². The highest BCUT2D eigenvalue weighted by Crippen LogP contribution is 2.04. The van der Waals surface area contributed by atoms with E-state index in [9.17, 15) is 4.79 Å². The molecule has 0 amide bonds. The second-order valence-electron chi connectivity index (χ2n) is 3.83. The first-order chi connectivity index (χ1) is 7.66. The Bertz CT molecular complexity index is 237. The lowest BCUT2D eigenvalue weighted by atomic mass is 10.1. The predicted octanol–water partition coefficient (Wildman–Crippen LogP) is 2.84.